The fraction of sp³-hybridized carbons (Fsp3) is 0.455. The Hall–Kier alpha value is -0.210. The summed E-state index contributed by atoms with van der Waals surface area (Å²) < 4.78 is 6.87. The molecule has 0 bridgehead atoms. The van der Waals surface area contributed by atoms with Crippen LogP contribution in [-0.2, 0) is 0 Å². The highest BCUT2D eigenvalue weighted by Gasteiger charge is 2.28. The molecular formula is C11H12BrClO. The molecule has 1 saturated carbocycles. The Balaban J connectivity index is 2.00. The SMILES string of the molecule is Cc1cc(OC2CC(Cl)C2)ccc1Br. The summed E-state index contributed by atoms with van der Waals surface area (Å²) in [7, 11) is 0. The lowest BCUT2D eigenvalue weighted by Gasteiger charge is -2.31. The molecule has 1 aliphatic carbocycles. The van der Waals surface area contributed by atoms with Crippen LogP contribution in [0.25, 0.3) is 0 Å². The summed E-state index contributed by atoms with van der Waals surface area (Å²) in [5.74, 6) is 0.944. The summed E-state index contributed by atoms with van der Waals surface area (Å²) in [5, 5.41) is 0.316. The van der Waals surface area contributed by atoms with Crippen molar-refractivity contribution < 1.29 is 4.74 Å². The van der Waals surface area contributed by atoms with E-state index in [-0.39, 0.29) is 0 Å². The molecule has 3 heteroatoms. The predicted octanol–water partition coefficient (Wildman–Crippen LogP) is 3.91. The van der Waals surface area contributed by atoms with E-state index in [1.807, 2.05) is 18.2 Å². The van der Waals surface area contributed by atoms with Crippen molar-refractivity contribution in [3.8, 4) is 5.75 Å². The molecule has 0 aromatic heterocycles. The molecule has 1 aliphatic rings. The van der Waals surface area contributed by atoms with Crippen LogP contribution < -0.4 is 4.74 Å². The van der Waals surface area contributed by atoms with Gasteiger partial charge >= 0.3 is 0 Å². The fourth-order valence-corrected chi connectivity index (χ4v) is 2.12. The summed E-state index contributed by atoms with van der Waals surface area (Å²) in [6.45, 7) is 2.06. The topological polar surface area (TPSA) is 9.23 Å². The van der Waals surface area contributed by atoms with Crippen molar-refractivity contribution in [1.29, 1.82) is 0 Å². The van der Waals surface area contributed by atoms with E-state index in [2.05, 4.69) is 22.9 Å². The van der Waals surface area contributed by atoms with E-state index in [0.717, 1.165) is 23.1 Å². The molecule has 0 unspecified atom stereocenters. The smallest absolute Gasteiger partial charge is 0.120 e. The maximum atomic E-state index is 5.88. The molecule has 1 aromatic rings. The zero-order valence-electron chi connectivity index (χ0n) is 7.97. The molecule has 0 aliphatic heterocycles. The lowest BCUT2D eigenvalue weighted by Crippen LogP contribution is -2.34. The molecule has 1 fully saturated rings. The van der Waals surface area contributed by atoms with E-state index >= 15 is 0 Å². The van der Waals surface area contributed by atoms with Gasteiger partial charge in [-0.25, -0.2) is 0 Å². The third-order valence-electron chi connectivity index (χ3n) is 2.47. The maximum Gasteiger partial charge on any atom is 0.120 e. The van der Waals surface area contributed by atoms with Gasteiger partial charge in [-0.1, -0.05) is 15.9 Å². The first-order chi connectivity index (χ1) is 6.65. The Kier molecular flexibility index (Phi) is 3.03. The Morgan fingerprint density at radius 1 is 1.43 bits per heavy atom. The zero-order chi connectivity index (χ0) is 10.1. The fourth-order valence-electron chi connectivity index (χ4n) is 1.48. The quantitative estimate of drug-likeness (QED) is 0.744. The van der Waals surface area contributed by atoms with Gasteiger partial charge in [0.05, 0.1) is 0 Å². The third kappa shape index (κ3) is 2.23. The van der Waals surface area contributed by atoms with Gasteiger partial charge in [0.25, 0.3) is 0 Å². The number of hydrogen-bond acceptors (Lipinski definition) is 1. The van der Waals surface area contributed by atoms with Crippen molar-refractivity contribution in [1.82, 2.24) is 0 Å². The second-order valence-corrected chi connectivity index (χ2v) is 5.19. The Bertz CT molecular complexity index is 334. The van der Waals surface area contributed by atoms with Gasteiger partial charge in [-0.2, -0.15) is 0 Å². The molecule has 1 aromatic carbocycles. The number of ether oxygens (including phenoxy) is 1. The highest BCUT2D eigenvalue weighted by atomic mass is 79.9. The first kappa shape index (κ1) is 10.3. The average molecular weight is 276 g/mol. The van der Waals surface area contributed by atoms with Crippen molar-refractivity contribution in [2.24, 2.45) is 0 Å². The number of aryl methyl sites for hydroxylation is 1. The van der Waals surface area contributed by atoms with Crippen molar-refractivity contribution in [2.75, 3.05) is 0 Å². The molecule has 0 saturated heterocycles. The molecule has 0 heterocycles. The molecule has 0 N–H and O–H groups in total. The van der Waals surface area contributed by atoms with Crippen molar-refractivity contribution in [2.45, 2.75) is 31.2 Å². The maximum absolute atomic E-state index is 5.88. The first-order valence-electron chi connectivity index (χ1n) is 4.72. The van der Waals surface area contributed by atoms with Gasteiger partial charge in [-0.3, -0.25) is 0 Å². The van der Waals surface area contributed by atoms with Gasteiger partial charge in [0.1, 0.15) is 11.9 Å². The van der Waals surface area contributed by atoms with Gasteiger partial charge in [0.2, 0.25) is 0 Å². The summed E-state index contributed by atoms with van der Waals surface area (Å²) in [6, 6.07) is 6.05. The third-order valence-corrected chi connectivity index (χ3v) is 3.72. The van der Waals surface area contributed by atoms with Crippen LogP contribution in [0.4, 0.5) is 0 Å². The van der Waals surface area contributed by atoms with Gasteiger partial charge in [-0.15, -0.1) is 11.6 Å². The number of hydrogen-bond donors (Lipinski definition) is 0. The van der Waals surface area contributed by atoms with Crippen LogP contribution in [0.5, 0.6) is 5.75 Å². The monoisotopic (exact) mass is 274 g/mol. The molecule has 0 spiro atoms. The van der Waals surface area contributed by atoms with Crippen LogP contribution in [0.3, 0.4) is 0 Å². The molecule has 1 nitrogen and oxygen atoms in total. The normalized spacial score (nSPS) is 25.6. The first-order valence-corrected chi connectivity index (χ1v) is 5.95. The standard InChI is InChI=1S/C11H12BrClO/c1-7-4-9(2-3-11(7)12)14-10-5-8(13)6-10/h2-4,8,10H,5-6H2,1H3. The van der Waals surface area contributed by atoms with Crippen LogP contribution in [0, 0.1) is 6.92 Å². The second kappa shape index (κ2) is 4.11. The summed E-state index contributed by atoms with van der Waals surface area (Å²) in [4.78, 5) is 0. The van der Waals surface area contributed by atoms with E-state index in [0.29, 0.717) is 11.5 Å². The molecule has 0 radical (unpaired) electrons. The molecule has 0 amide bonds. The van der Waals surface area contributed by atoms with Crippen LogP contribution in [0.2, 0.25) is 0 Å². The molecular weight excluding hydrogens is 263 g/mol. The number of halogens is 2. The van der Waals surface area contributed by atoms with Crippen LogP contribution in [0.1, 0.15) is 18.4 Å². The van der Waals surface area contributed by atoms with Gasteiger partial charge in [0, 0.05) is 22.7 Å². The second-order valence-electron chi connectivity index (χ2n) is 3.72. The number of alkyl halides is 1. The predicted molar refractivity (Wildman–Crippen MR) is 62.2 cm³/mol. The van der Waals surface area contributed by atoms with Crippen molar-refractivity contribution in [3.05, 3.63) is 28.2 Å². The Morgan fingerprint density at radius 3 is 2.71 bits per heavy atom. The van der Waals surface area contributed by atoms with Crippen LogP contribution in [0.15, 0.2) is 22.7 Å². The van der Waals surface area contributed by atoms with E-state index in [9.17, 15) is 0 Å². The largest absolute Gasteiger partial charge is 0.490 e. The van der Waals surface area contributed by atoms with Gasteiger partial charge < -0.3 is 4.74 Å². The highest BCUT2D eigenvalue weighted by Crippen LogP contribution is 2.31. The zero-order valence-corrected chi connectivity index (χ0v) is 10.3. The van der Waals surface area contributed by atoms with Gasteiger partial charge in [-0.05, 0) is 30.7 Å². The minimum atomic E-state index is 0.316. The molecule has 2 rings (SSSR count). The van der Waals surface area contributed by atoms with E-state index in [4.69, 9.17) is 16.3 Å². The lowest BCUT2D eigenvalue weighted by atomic mass is 9.95. The van der Waals surface area contributed by atoms with Crippen molar-refractivity contribution >= 4 is 27.5 Å². The summed E-state index contributed by atoms with van der Waals surface area (Å²) in [5.41, 5.74) is 1.20. The number of rotatable bonds is 2. The van der Waals surface area contributed by atoms with Crippen LogP contribution in [-0.4, -0.2) is 11.5 Å². The molecule has 0 atom stereocenters. The summed E-state index contributed by atoms with van der Waals surface area (Å²) >= 11 is 9.34. The molecule has 14 heavy (non-hydrogen) atoms. The minimum absolute atomic E-state index is 0.316. The summed E-state index contributed by atoms with van der Waals surface area (Å²) in [6.07, 6.45) is 2.26. The Labute approximate surface area is 97.5 Å². The molecule has 76 valence electrons. The van der Waals surface area contributed by atoms with E-state index in [1.54, 1.807) is 0 Å². The van der Waals surface area contributed by atoms with Crippen LogP contribution >= 0.6 is 27.5 Å². The van der Waals surface area contributed by atoms with E-state index < -0.39 is 0 Å². The van der Waals surface area contributed by atoms with Crippen molar-refractivity contribution in [3.63, 3.8) is 0 Å². The van der Waals surface area contributed by atoms with E-state index in [1.165, 1.54) is 5.56 Å². The average Bonchev–Trinajstić information content (AvgIpc) is 2.09. The Morgan fingerprint density at radius 2 is 2.14 bits per heavy atom. The minimum Gasteiger partial charge on any atom is -0.490 e. The highest BCUT2D eigenvalue weighted by molar-refractivity contribution is 9.10. The number of benzene rings is 1. The van der Waals surface area contributed by atoms with Gasteiger partial charge in [0.15, 0.2) is 0 Å². The lowest BCUT2D eigenvalue weighted by molar-refractivity contribution is 0.124.